The molecule has 0 fully saturated rings. The summed E-state index contributed by atoms with van der Waals surface area (Å²) < 4.78 is 20.8. The molecule has 0 atom stereocenters. The van der Waals surface area contributed by atoms with Crippen LogP contribution in [0.4, 0.5) is 0 Å². The monoisotopic (exact) mass is 321 g/mol. The van der Waals surface area contributed by atoms with Gasteiger partial charge < -0.3 is 18.0 Å². The van der Waals surface area contributed by atoms with E-state index in [9.17, 15) is 0 Å². The van der Waals surface area contributed by atoms with Gasteiger partial charge in [0.05, 0.1) is 7.11 Å². The summed E-state index contributed by atoms with van der Waals surface area (Å²) >= 11 is 0. The van der Waals surface area contributed by atoms with Crippen molar-refractivity contribution in [1.29, 1.82) is 0 Å². The molecule has 0 spiro atoms. The molecule has 0 aliphatic rings. The zero-order chi connectivity index (χ0) is 16.2. The standard InChI is InChI=1S/C11H10O.C6H15O3Si/c1-12-11-8-4-6-9-5-2-3-7-10(9)11;1-4-7-10(8-5-2)9-6-3/h2-8H,1H3;4-6H2,1-3H3. The Morgan fingerprint density at radius 3 is 1.86 bits per heavy atom. The van der Waals surface area contributed by atoms with Crippen LogP contribution in [0.25, 0.3) is 10.8 Å². The molecule has 0 bridgehead atoms. The van der Waals surface area contributed by atoms with Gasteiger partial charge in [0.1, 0.15) is 5.75 Å². The fraction of sp³-hybridized carbons (Fsp3) is 0.412. The molecule has 22 heavy (non-hydrogen) atoms. The smallest absolute Gasteiger partial charge is 0.496 e. The Hall–Kier alpha value is -1.40. The minimum atomic E-state index is -1.40. The van der Waals surface area contributed by atoms with Gasteiger partial charge in [-0.2, -0.15) is 0 Å². The lowest BCUT2D eigenvalue weighted by Gasteiger charge is -2.10. The number of benzene rings is 2. The average Bonchev–Trinajstić information content (AvgIpc) is 2.56. The van der Waals surface area contributed by atoms with Crippen LogP contribution in [0.1, 0.15) is 20.8 Å². The van der Waals surface area contributed by atoms with E-state index in [1.165, 1.54) is 10.8 Å². The topological polar surface area (TPSA) is 36.9 Å². The van der Waals surface area contributed by atoms with E-state index < -0.39 is 9.53 Å². The summed E-state index contributed by atoms with van der Waals surface area (Å²) in [6.07, 6.45) is 0. The summed E-state index contributed by atoms with van der Waals surface area (Å²) in [4.78, 5) is 0. The molecule has 0 amide bonds. The Kier molecular flexibility index (Phi) is 9.49. The van der Waals surface area contributed by atoms with Gasteiger partial charge in [-0.3, -0.25) is 0 Å². The van der Waals surface area contributed by atoms with E-state index in [0.717, 1.165) is 5.75 Å². The van der Waals surface area contributed by atoms with Gasteiger partial charge in [-0.05, 0) is 32.2 Å². The van der Waals surface area contributed by atoms with Crippen molar-refractivity contribution >= 4 is 20.3 Å². The molecule has 2 aromatic carbocycles. The van der Waals surface area contributed by atoms with E-state index in [1.807, 2.05) is 45.0 Å². The van der Waals surface area contributed by atoms with E-state index >= 15 is 0 Å². The maximum absolute atomic E-state index is 5.23. The van der Waals surface area contributed by atoms with Gasteiger partial charge in [0, 0.05) is 25.2 Å². The second-order valence-corrected chi connectivity index (χ2v) is 5.60. The molecule has 0 saturated carbocycles. The van der Waals surface area contributed by atoms with Crippen molar-refractivity contribution in [1.82, 2.24) is 0 Å². The summed E-state index contributed by atoms with van der Waals surface area (Å²) in [6.45, 7) is 7.78. The van der Waals surface area contributed by atoms with E-state index in [2.05, 4.69) is 18.2 Å². The highest BCUT2D eigenvalue weighted by Crippen LogP contribution is 2.24. The molecule has 0 unspecified atom stereocenters. The summed E-state index contributed by atoms with van der Waals surface area (Å²) in [5.41, 5.74) is 0. The van der Waals surface area contributed by atoms with Gasteiger partial charge >= 0.3 is 9.53 Å². The lowest BCUT2D eigenvalue weighted by molar-refractivity contribution is 0.107. The number of fused-ring (bicyclic) bond motifs is 1. The Morgan fingerprint density at radius 2 is 1.32 bits per heavy atom. The fourth-order valence-electron chi connectivity index (χ4n) is 1.85. The molecule has 2 rings (SSSR count). The third-order valence-corrected chi connectivity index (χ3v) is 4.33. The number of hydrogen-bond acceptors (Lipinski definition) is 4. The van der Waals surface area contributed by atoms with E-state index in [-0.39, 0.29) is 0 Å². The maximum Gasteiger partial charge on any atom is 0.577 e. The van der Waals surface area contributed by atoms with Crippen molar-refractivity contribution in [2.24, 2.45) is 0 Å². The minimum Gasteiger partial charge on any atom is -0.496 e. The van der Waals surface area contributed by atoms with Crippen LogP contribution in [0.15, 0.2) is 42.5 Å². The van der Waals surface area contributed by atoms with Gasteiger partial charge in [0.25, 0.3) is 0 Å². The Morgan fingerprint density at radius 1 is 0.773 bits per heavy atom. The molecule has 5 heteroatoms. The molecule has 1 radical (unpaired) electrons. The van der Waals surface area contributed by atoms with Crippen LogP contribution in [-0.2, 0) is 13.3 Å². The normalized spacial score (nSPS) is 10.4. The van der Waals surface area contributed by atoms with Crippen LogP contribution in [0.3, 0.4) is 0 Å². The number of ether oxygens (including phenoxy) is 1. The quantitative estimate of drug-likeness (QED) is 0.724. The summed E-state index contributed by atoms with van der Waals surface area (Å²) in [6, 6.07) is 14.2. The second kappa shape index (κ2) is 11.2. The third kappa shape index (κ3) is 6.15. The van der Waals surface area contributed by atoms with Crippen molar-refractivity contribution in [3.05, 3.63) is 42.5 Å². The van der Waals surface area contributed by atoms with Gasteiger partial charge in [-0.15, -0.1) is 0 Å². The van der Waals surface area contributed by atoms with Crippen LogP contribution in [-0.4, -0.2) is 36.5 Å². The number of rotatable bonds is 7. The molecule has 0 N–H and O–H groups in total. The average molecular weight is 321 g/mol. The largest absolute Gasteiger partial charge is 0.577 e. The third-order valence-electron chi connectivity index (χ3n) is 2.76. The van der Waals surface area contributed by atoms with Gasteiger partial charge in [0.2, 0.25) is 0 Å². The zero-order valence-electron chi connectivity index (χ0n) is 13.8. The first-order valence-electron chi connectivity index (χ1n) is 7.53. The summed E-state index contributed by atoms with van der Waals surface area (Å²) in [7, 11) is 0.299. The summed E-state index contributed by atoms with van der Waals surface area (Å²) in [5.74, 6) is 0.938. The number of methoxy groups -OCH3 is 1. The van der Waals surface area contributed by atoms with Gasteiger partial charge in [-0.1, -0.05) is 36.4 Å². The molecule has 2 aromatic rings. The fourth-order valence-corrected chi connectivity index (χ4v) is 2.81. The van der Waals surface area contributed by atoms with Crippen LogP contribution in [0, 0.1) is 0 Å². The Bertz CT molecular complexity index is 513. The molecule has 0 saturated heterocycles. The SMILES string of the molecule is CCO[Si](OCC)OCC.COc1cccc2ccccc12. The summed E-state index contributed by atoms with van der Waals surface area (Å²) in [5, 5.41) is 2.39. The first-order chi connectivity index (χ1) is 10.8. The Balaban J connectivity index is 0.000000225. The van der Waals surface area contributed by atoms with E-state index in [1.54, 1.807) is 7.11 Å². The molecule has 4 nitrogen and oxygen atoms in total. The van der Waals surface area contributed by atoms with Crippen molar-refractivity contribution in [3.8, 4) is 5.75 Å². The predicted octanol–water partition coefficient (Wildman–Crippen LogP) is 3.93. The molecule has 0 aliphatic heterocycles. The minimum absolute atomic E-state index is 0.661. The Labute approximate surface area is 134 Å². The van der Waals surface area contributed by atoms with Crippen molar-refractivity contribution in [2.45, 2.75) is 20.8 Å². The predicted molar refractivity (Wildman–Crippen MR) is 91.1 cm³/mol. The van der Waals surface area contributed by atoms with Crippen LogP contribution >= 0.6 is 0 Å². The molecule has 0 heterocycles. The lowest BCUT2D eigenvalue weighted by atomic mass is 10.1. The number of hydrogen-bond donors (Lipinski definition) is 0. The van der Waals surface area contributed by atoms with Crippen LogP contribution < -0.4 is 4.74 Å². The van der Waals surface area contributed by atoms with Crippen molar-refractivity contribution in [3.63, 3.8) is 0 Å². The van der Waals surface area contributed by atoms with E-state index in [4.69, 9.17) is 18.0 Å². The van der Waals surface area contributed by atoms with Crippen LogP contribution in [0.5, 0.6) is 5.75 Å². The molecular weight excluding hydrogens is 296 g/mol. The highest BCUT2D eigenvalue weighted by atomic mass is 28.3. The highest BCUT2D eigenvalue weighted by Gasteiger charge is 2.15. The maximum atomic E-state index is 5.23. The van der Waals surface area contributed by atoms with Gasteiger partial charge in [0.15, 0.2) is 0 Å². The molecule has 0 aromatic heterocycles. The van der Waals surface area contributed by atoms with E-state index in [0.29, 0.717) is 19.8 Å². The molecule has 0 aliphatic carbocycles. The molecule has 121 valence electrons. The van der Waals surface area contributed by atoms with Crippen molar-refractivity contribution < 1.29 is 18.0 Å². The highest BCUT2D eigenvalue weighted by molar-refractivity contribution is 6.36. The van der Waals surface area contributed by atoms with Crippen molar-refractivity contribution in [2.75, 3.05) is 26.9 Å². The van der Waals surface area contributed by atoms with Crippen LogP contribution in [0.2, 0.25) is 0 Å². The molecular formula is C17H25O4Si. The first-order valence-corrected chi connectivity index (χ1v) is 8.76. The lowest BCUT2D eigenvalue weighted by Crippen LogP contribution is -2.27. The zero-order valence-corrected chi connectivity index (χ0v) is 14.8. The van der Waals surface area contributed by atoms with Gasteiger partial charge in [-0.25, -0.2) is 0 Å². The first kappa shape index (κ1) is 18.6. The second-order valence-electron chi connectivity index (χ2n) is 4.23.